The number of carbonyl (C=O) groups is 1. The Balaban J connectivity index is 2.38. The molecule has 1 aliphatic heterocycles. The predicted molar refractivity (Wildman–Crippen MR) is 72.2 cm³/mol. The highest BCUT2D eigenvalue weighted by molar-refractivity contribution is 6.20. The highest BCUT2D eigenvalue weighted by Gasteiger charge is 2.29. The van der Waals surface area contributed by atoms with Gasteiger partial charge in [-0.2, -0.15) is 0 Å². The van der Waals surface area contributed by atoms with Gasteiger partial charge in [0, 0.05) is 5.56 Å². The molecule has 0 bridgehead atoms. The van der Waals surface area contributed by atoms with Crippen LogP contribution < -0.4 is 10.3 Å². The van der Waals surface area contributed by atoms with Gasteiger partial charge in [0.1, 0.15) is 6.20 Å². The predicted octanol–water partition coefficient (Wildman–Crippen LogP) is 0.578. The number of hydrogen-bond acceptors (Lipinski definition) is 1. The fraction of sp³-hybridized carbons (Fsp3) is 0.0667. The van der Waals surface area contributed by atoms with E-state index < -0.39 is 0 Å². The van der Waals surface area contributed by atoms with Gasteiger partial charge in [-0.3, -0.25) is 9.79 Å². The molecule has 1 aromatic rings. The van der Waals surface area contributed by atoms with Crippen molar-refractivity contribution < 1.29 is 9.79 Å². The Hall–Kier alpha value is -2.42. The molecule has 0 unspecified atom stereocenters. The van der Waals surface area contributed by atoms with Crippen molar-refractivity contribution in [3.63, 3.8) is 0 Å². The van der Waals surface area contributed by atoms with Crippen molar-refractivity contribution in [2.75, 3.05) is 7.05 Å². The molecule has 0 atom stereocenters. The standard InChI is InChI=1S/C15H14N2O/c1-3-7-12-13(10-17-15(12)16-2)14(18)11-8-5-4-6-9-11/h3-10H,1H2,2H3,(H,16,17)/p+1/b12-7-. The first kappa shape index (κ1) is 12.0. The number of benzene rings is 1. The van der Waals surface area contributed by atoms with Crippen LogP contribution in [0.15, 0.2) is 66.4 Å². The Labute approximate surface area is 106 Å². The maximum Gasteiger partial charge on any atom is 0.280 e. The van der Waals surface area contributed by atoms with Gasteiger partial charge in [0.2, 0.25) is 0 Å². The van der Waals surface area contributed by atoms with Crippen molar-refractivity contribution in [3.05, 3.63) is 72.0 Å². The van der Waals surface area contributed by atoms with Crippen molar-refractivity contribution in [1.82, 2.24) is 5.32 Å². The highest BCUT2D eigenvalue weighted by Crippen LogP contribution is 2.19. The molecular formula is C15H15N2O+. The van der Waals surface area contributed by atoms with Crippen LogP contribution in [0.25, 0.3) is 0 Å². The average molecular weight is 239 g/mol. The van der Waals surface area contributed by atoms with Crippen molar-refractivity contribution in [3.8, 4) is 0 Å². The summed E-state index contributed by atoms with van der Waals surface area (Å²) >= 11 is 0. The SMILES string of the molecule is C=C/C=C1/C(C(=O)c2ccccc2)=CNC1=[NH+]C. The molecule has 0 radical (unpaired) electrons. The minimum atomic E-state index is 0.00134. The van der Waals surface area contributed by atoms with Gasteiger partial charge in [0.25, 0.3) is 5.84 Å². The van der Waals surface area contributed by atoms with E-state index in [-0.39, 0.29) is 5.78 Å². The lowest BCUT2D eigenvalue weighted by Crippen LogP contribution is -2.70. The Morgan fingerprint density at radius 3 is 2.67 bits per heavy atom. The summed E-state index contributed by atoms with van der Waals surface area (Å²) in [5, 5.41) is 3.05. The summed E-state index contributed by atoms with van der Waals surface area (Å²) in [6.45, 7) is 3.68. The maximum atomic E-state index is 12.4. The van der Waals surface area contributed by atoms with Crippen LogP contribution in [0.1, 0.15) is 10.4 Å². The van der Waals surface area contributed by atoms with Crippen molar-refractivity contribution in [2.24, 2.45) is 0 Å². The molecule has 0 saturated heterocycles. The first-order valence-corrected chi connectivity index (χ1v) is 5.72. The summed E-state index contributed by atoms with van der Waals surface area (Å²) in [5.74, 6) is 0.815. The van der Waals surface area contributed by atoms with Crippen LogP contribution >= 0.6 is 0 Å². The van der Waals surface area contributed by atoms with E-state index in [1.54, 1.807) is 12.3 Å². The summed E-state index contributed by atoms with van der Waals surface area (Å²) in [5.41, 5.74) is 2.16. The fourth-order valence-electron chi connectivity index (χ4n) is 1.87. The van der Waals surface area contributed by atoms with Crippen molar-refractivity contribution >= 4 is 11.6 Å². The number of hydrogen-bond donors (Lipinski definition) is 2. The molecule has 2 rings (SSSR count). The zero-order chi connectivity index (χ0) is 13.0. The van der Waals surface area contributed by atoms with Crippen molar-refractivity contribution in [2.45, 2.75) is 0 Å². The Kier molecular flexibility index (Phi) is 3.53. The molecule has 0 aromatic heterocycles. The van der Waals surface area contributed by atoms with E-state index in [1.165, 1.54) is 0 Å². The third-order valence-electron chi connectivity index (χ3n) is 2.74. The van der Waals surface area contributed by atoms with E-state index in [9.17, 15) is 4.79 Å². The monoisotopic (exact) mass is 239 g/mol. The normalized spacial score (nSPS) is 18.6. The summed E-state index contributed by atoms with van der Waals surface area (Å²) < 4.78 is 0. The zero-order valence-electron chi connectivity index (χ0n) is 10.2. The molecule has 0 spiro atoms. The van der Waals surface area contributed by atoms with Gasteiger partial charge in [-0.25, -0.2) is 5.32 Å². The lowest BCUT2D eigenvalue weighted by atomic mass is 9.98. The average Bonchev–Trinajstić information content (AvgIpc) is 2.82. The molecule has 0 fully saturated rings. The second-order valence-electron chi connectivity index (χ2n) is 3.84. The minimum absolute atomic E-state index is 0.00134. The largest absolute Gasteiger partial charge is 0.288 e. The Morgan fingerprint density at radius 2 is 2.06 bits per heavy atom. The minimum Gasteiger partial charge on any atom is -0.288 e. The zero-order valence-corrected chi connectivity index (χ0v) is 10.2. The van der Waals surface area contributed by atoms with Gasteiger partial charge in [-0.05, 0) is 6.08 Å². The number of rotatable bonds is 3. The molecule has 2 N–H and O–H groups in total. The van der Waals surface area contributed by atoms with E-state index in [2.05, 4.69) is 16.9 Å². The summed E-state index contributed by atoms with van der Waals surface area (Å²) in [6.07, 6.45) is 5.21. The van der Waals surface area contributed by atoms with E-state index in [1.807, 2.05) is 43.5 Å². The summed E-state index contributed by atoms with van der Waals surface area (Å²) in [6, 6.07) is 9.23. The summed E-state index contributed by atoms with van der Waals surface area (Å²) in [7, 11) is 1.81. The number of nitrogens with one attached hydrogen (secondary N) is 2. The number of amidine groups is 1. The molecule has 0 amide bonds. The molecule has 90 valence electrons. The first-order chi connectivity index (χ1) is 8.77. The van der Waals surface area contributed by atoms with Crippen LogP contribution in [0.3, 0.4) is 0 Å². The number of allylic oxidation sites excluding steroid dienone is 2. The Morgan fingerprint density at radius 1 is 1.33 bits per heavy atom. The van der Waals surface area contributed by atoms with Gasteiger partial charge in [-0.1, -0.05) is 43.0 Å². The van der Waals surface area contributed by atoms with E-state index in [4.69, 9.17) is 0 Å². The molecule has 3 heteroatoms. The number of carbonyl (C=O) groups excluding carboxylic acids is 1. The van der Waals surface area contributed by atoms with E-state index >= 15 is 0 Å². The van der Waals surface area contributed by atoms with Crippen LogP contribution in [-0.4, -0.2) is 18.7 Å². The quantitative estimate of drug-likeness (QED) is 0.758. The lowest BCUT2D eigenvalue weighted by Gasteiger charge is -2.01. The number of ketones is 1. The van der Waals surface area contributed by atoms with Gasteiger partial charge in [0.15, 0.2) is 5.78 Å². The van der Waals surface area contributed by atoms with Gasteiger partial charge < -0.3 is 0 Å². The topological polar surface area (TPSA) is 43.1 Å². The van der Waals surface area contributed by atoms with E-state index in [0.29, 0.717) is 11.1 Å². The third-order valence-corrected chi connectivity index (χ3v) is 2.74. The van der Waals surface area contributed by atoms with Crippen LogP contribution in [0.5, 0.6) is 0 Å². The molecular weight excluding hydrogens is 224 g/mol. The first-order valence-electron chi connectivity index (χ1n) is 5.72. The van der Waals surface area contributed by atoms with Crippen LogP contribution in [-0.2, 0) is 0 Å². The molecule has 1 aromatic carbocycles. The molecule has 3 nitrogen and oxygen atoms in total. The number of Topliss-reactive ketones (excluding diaryl/α,β-unsaturated/α-hetero) is 1. The molecule has 18 heavy (non-hydrogen) atoms. The molecule has 0 saturated carbocycles. The van der Waals surface area contributed by atoms with E-state index in [0.717, 1.165) is 11.4 Å². The maximum absolute atomic E-state index is 12.4. The molecule has 1 aliphatic rings. The second kappa shape index (κ2) is 5.27. The van der Waals surface area contributed by atoms with Crippen molar-refractivity contribution in [1.29, 1.82) is 0 Å². The third kappa shape index (κ3) is 2.15. The van der Waals surface area contributed by atoms with Gasteiger partial charge >= 0.3 is 0 Å². The van der Waals surface area contributed by atoms with Crippen LogP contribution in [0.2, 0.25) is 0 Å². The highest BCUT2D eigenvalue weighted by atomic mass is 16.1. The smallest absolute Gasteiger partial charge is 0.280 e. The van der Waals surface area contributed by atoms with Gasteiger partial charge in [-0.15, -0.1) is 0 Å². The fourth-order valence-corrected chi connectivity index (χ4v) is 1.87. The second-order valence-corrected chi connectivity index (χ2v) is 3.84. The van der Waals surface area contributed by atoms with Gasteiger partial charge in [0.05, 0.1) is 18.2 Å². The molecule has 0 aliphatic carbocycles. The van der Waals surface area contributed by atoms with Crippen LogP contribution in [0, 0.1) is 0 Å². The summed E-state index contributed by atoms with van der Waals surface area (Å²) in [4.78, 5) is 15.4. The Bertz CT molecular complexity index is 565. The lowest BCUT2D eigenvalue weighted by molar-refractivity contribution is -0.421. The molecule has 1 heterocycles. The van der Waals surface area contributed by atoms with Crippen LogP contribution in [0.4, 0.5) is 0 Å².